The molecule has 2 fully saturated rings. The van der Waals surface area contributed by atoms with Gasteiger partial charge in [-0.15, -0.1) is 0 Å². The Balaban J connectivity index is 1.26. The van der Waals surface area contributed by atoms with Crippen LogP contribution in [0.2, 0.25) is 5.02 Å². The second kappa shape index (κ2) is 10.5. The van der Waals surface area contributed by atoms with Crippen molar-refractivity contribution in [3.63, 3.8) is 0 Å². The Kier molecular flexibility index (Phi) is 7.14. The summed E-state index contributed by atoms with van der Waals surface area (Å²) in [7, 11) is 0. The summed E-state index contributed by atoms with van der Waals surface area (Å²) in [6.07, 6.45) is 5.30. The van der Waals surface area contributed by atoms with Crippen LogP contribution in [0, 0.1) is 11.8 Å². The van der Waals surface area contributed by atoms with Crippen LogP contribution in [0.4, 0.5) is 5.69 Å². The summed E-state index contributed by atoms with van der Waals surface area (Å²) in [5.41, 5.74) is 3.96. The Morgan fingerprint density at radius 1 is 1.08 bits per heavy atom. The first-order chi connectivity index (χ1) is 17.4. The fourth-order valence-electron chi connectivity index (χ4n) is 5.37. The standard InChI is InChI=1S/C27H31ClN4O4/c1-16(33)14-17-10-12-32(13-11-17)20-6-2-18(3-7-20)24-22(28)15-23-25(30-24)31-27(29-23)36-21-8-4-19(5-9-21)26(34)35/h2-3,6-7,15,17,19,21H,4-5,8-14H2,1H3,(H,34,35)(H,29,30,31). The van der Waals surface area contributed by atoms with Crippen molar-refractivity contribution in [2.45, 2.75) is 58.0 Å². The van der Waals surface area contributed by atoms with Gasteiger partial charge < -0.3 is 24.5 Å². The maximum atomic E-state index is 11.4. The zero-order valence-corrected chi connectivity index (χ0v) is 21.1. The van der Waals surface area contributed by atoms with E-state index in [4.69, 9.17) is 21.3 Å². The van der Waals surface area contributed by atoms with Crippen LogP contribution in [0.5, 0.6) is 6.01 Å². The van der Waals surface area contributed by atoms with Gasteiger partial charge in [0, 0.05) is 30.8 Å². The number of carboxylic acids is 1. The van der Waals surface area contributed by atoms with E-state index in [1.165, 1.54) is 0 Å². The molecule has 0 amide bonds. The monoisotopic (exact) mass is 510 g/mol. The number of piperidine rings is 1. The Labute approximate surface area is 215 Å². The molecule has 5 rings (SSSR count). The molecule has 0 spiro atoms. The van der Waals surface area contributed by atoms with Gasteiger partial charge in [0.05, 0.1) is 22.2 Å². The fourth-order valence-corrected chi connectivity index (χ4v) is 5.63. The second-order valence-corrected chi connectivity index (χ2v) is 10.5. The molecule has 1 aromatic carbocycles. The third-order valence-electron chi connectivity index (χ3n) is 7.40. The molecule has 3 aromatic rings. The van der Waals surface area contributed by atoms with Gasteiger partial charge in [-0.25, -0.2) is 4.98 Å². The van der Waals surface area contributed by atoms with Crippen molar-refractivity contribution in [1.29, 1.82) is 0 Å². The number of H-pyrrole nitrogens is 1. The van der Waals surface area contributed by atoms with Crippen molar-refractivity contribution in [3.8, 4) is 17.3 Å². The fraction of sp³-hybridized carbons (Fsp3) is 0.481. The van der Waals surface area contributed by atoms with Gasteiger partial charge in [-0.2, -0.15) is 4.98 Å². The van der Waals surface area contributed by atoms with Crippen LogP contribution < -0.4 is 9.64 Å². The van der Waals surface area contributed by atoms with Crippen molar-refractivity contribution in [1.82, 2.24) is 15.0 Å². The molecule has 3 heterocycles. The van der Waals surface area contributed by atoms with Crippen molar-refractivity contribution in [3.05, 3.63) is 35.4 Å². The third-order valence-corrected chi connectivity index (χ3v) is 7.69. The van der Waals surface area contributed by atoms with Crippen LogP contribution in [0.1, 0.15) is 51.9 Å². The predicted molar refractivity (Wildman–Crippen MR) is 139 cm³/mol. The van der Waals surface area contributed by atoms with E-state index < -0.39 is 5.97 Å². The maximum Gasteiger partial charge on any atom is 0.306 e. The lowest BCUT2D eigenvalue weighted by Gasteiger charge is -2.33. The van der Waals surface area contributed by atoms with Gasteiger partial charge in [0.2, 0.25) is 0 Å². The van der Waals surface area contributed by atoms with Gasteiger partial charge in [-0.05, 0) is 69.6 Å². The van der Waals surface area contributed by atoms with Crippen molar-refractivity contribution in [2.24, 2.45) is 11.8 Å². The molecular weight excluding hydrogens is 480 g/mol. The summed E-state index contributed by atoms with van der Waals surface area (Å²) >= 11 is 6.59. The van der Waals surface area contributed by atoms with Crippen molar-refractivity contribution < 1.29 is 19.4 Å². The Bertz CT molecular complexity index is 1240. The molecule has 0 unspecified atom stereocenters. The number of imidazole rings is 1. The molecule has 0 bridgehead atoms. The number of Topliss-reactive ketones (excluding diaryl/α,β-unsaturated/α-hetero) is 1. The molecule has 9 heteroatoms. The van der Waals surface area contributed by atoms with Crippen molar-refractivity contribution >= 4 is 40.2 Å². The Morgan fingerprint density at radius 3 is 2.42 bits per heavy atom. The molecular formula is C27H31ClN4O4. The lowest BCUT2D eigenvalue weighted by Crippen LogP contribution is -2.34. The molecule has 1 aliphatic carbocycles. The van der Waals surface area contributed by atoms with Gasteiger partial charge >= 0.3 is 5.97 Å². The molecule has 2 N–H and O–H groups in total. The minimum absolute atomic E-state index is 0.0591. The molecule has 1 aliphatic heterocycles. The largest absolute Gasteiger partial charge is 0.481 e. The number of pyridine rings is 1. The first-order valence-electron chi connectivity index (χ1n) is 12.7. The summed E-state index contributed by atoms with van der Waals surface area (Å²) in [6.45, 7) is 3.58. The number of carboxylic acid groups (broad SMARTS) is 1. The molecule has 0 radical (unpaired) electrons. The number of fused-ring (bicyclic) bond motifs is 1. The first-order valence-corrected chi connectivity index (χ1v) is 13.0. The second-order valence-electron chi connectivity index (χ2n) is 10.0. The lowest BCUT2D eigenvalue weighted by molar-refractivity contribution is -0.143. The molecule has 190 valence electrons. The number of hydrogen-bond donors (Lipinski definition) is 2. The molecule has 2 aromatic heterocycles. The summed E-state index contributed by atoms with van der Waals surface area (Å²) < 4.78 is 6.00. The summed E-state index contributed by atoms with van der Waals surface area (Å²) in [4.78, 5) is 37.3. The van der Waals surface area contributed by atoms with Gasteiger partial charge in [-0.3, -0.25) is 4.79 Å². The van der Waals surface area contributed by atoms with Crippen molar-refractivity contribution in [2.75, 3.05) is 18.0 Å². The number of nitrogens with zero attached hydrogens (tertiary/aromatic N) is 3. The number of aromatic nitrogens is 3. The van der Waals surface area contributed by atoms with Crippen LogP contribution in [-0.2, 0) is 9.59 Å². The highest BCUT2D eigenvalue weighted by Crippen LogP contribution is 2.33. The highest BCUT2D eigenvalue weighted by molar-refractivity contribution is 6.33. The minimum atomic E-state index is -0.731. The number of hydrogen-bond acceptors (Lipinski definition) is 6. The molecule has 8 nitrogen and oxygen atoms in total. The van der Waals surface area contributed by atoms with E-state index in [0.717, 1.165) is 37.2 Å². The third kappa shape index (κ3) is 5.48. The highest BCUT2D eigenvalue weighted by Gasteiger charge is 2.27. The summed E-state index contributed by atoms with van der Waals surface area (Å²) in [5, 5.41) is 9.71. The molecule has 36 heavy (non-hydrogen) atoms. The normalized spacial score (nSPS) is 21.0. The zero-order chi connectivity index (χ0) is 25.2. The van der Waals surface area contributed by atoms with Gasteiger partial charge in [0.1, 0.15) is 11.9 Å². The van der Waals surface area contributed by atoms with E-state index in [1.54, 1.807) is 6.92 Å². The Morgan fingerprint density at radius 2 is 1.78 bits per heavy atom. The quantitative estimate of drug-likeness (QED) is 0.432. The number of aromatic amines is 1. The van der Waals surface area contributed by atoms with Crippen LogP contribution in [0.3, 0.4) is 0 Å². The number of ketones is 1. The molecule has 0 atom stereocenters. The van der Waals surface area contributed by atoms with E-state index in [1.807, 2.05) is 18.2 Å². The van der Waals surface area contributed by atoms with Crippen LogP contribution >= 0.6 is 11.6 Å². The van der Waals surface area contributed by atoms with E-state index in [-0.39, 0.29) is 17.8 Å². The van der Waals surface area contributed by atoms with E-state index in [9.17, 15) is 14.7 Å². The first kappa shape index (κ1) is 24.6. The summed E-state index contributed by atoms with van der Waals surface area (Å²) in [6, 6.07) is 10.4. The van der Waals surface area contributed by atoms with Gasteiger partial charge in [0.25, 0.3) is 6.01 Å². The lowest BCUT2D eigenvalue weighted by atomic mass is 9.87. The van der Waals surface area contributed by atoms with Gasteiger partial charge in [0.15, 0.2) is 5.65 Å². The number of aliphatic carboxylic acids is 1. The van der Waals surface area contributed by atoms with E-state index in [0.29, 0.717) is 65.9 Å². The SMILES string of the molecule is CC(=O)CC1CCN(c2ccc(-c3nc4nc(OC5CCC(C(=O)O)CC5)[nH]c4cc3Cl)cc2)CC1. The topological polar surface area (TPSA) is 108 Å². The van der Waals surface area contributed by atoms with Gasteiger partial charge in [-0.1, -0.05) is 23.7 Å². The Hall–Kier alpha value is -3.13. The smallest absolute Gasteiger partial charge is 0.306 e. The van der Waals surface area contributed by atoms with Crippen LogP contribution in [0.15, 0.2) is 30.3 Å². The highest BCUT2D eigenvalue weighted by atomic mass is 35.5. The zero-order valence-electron chi connectivity index (χ0n) is 20.4. The predicted octanol–water partition coefficient (Wildman–Crippen LogP) is 5.50. The summed E-state index contributed by atoms with van der Waals surface area (Å²) in [5.74, 6) is -0.243. The average molecular weight is 511 g/mol. The molecule has 1 saturated heterocycles. The number of rotatable bonds is 7. The number of carbonyl (C=O) groups excluding carboxylic acids is 1. The number of halogens is 1. The maximum absolute atomic E-state index is 11.4. The number of ether oxygens (including phenoxy) is 1. The number of benzene rings is 1. The van der Waals surface area contributed by atoms with E-state index >= 15 is 0 Å². The van der Waals surface area contributed by atoms with Crippen LogP contribution in [0.25, 0.3) is 22.4 Å². The number of nitrogens with one attached hydrogen (secondary N) is 1. The van der Waals surface area contributed by atoms with Crippen LogP contribution in [-0.4, -0.2) is 51.0 Å². The average Bonchev–Trinajstić information content (AvgIpc) is 3.25. The number of carbonyl (C=O) groups is 2. The molecule has 2 aliphatic rings. The molecule has 1 saturated carbocycles. The van der Waals surface area contributed by atoms with E-state index in [2.05, 4.69) is 27.0 Å². The minimum Gasteiger partial charge on any atom is -0.481 e. The number of anilines is 1.